The highest BCUT2D eigenvalue weighted by Gasteiger charge is 2.12. The van der Waals surface area contributed by atoms with Gasteiger partial charge in [0.05, 0.1) is 6.54 Å². The molecule has 0 aromatic heterocycles. The highest BCUT2D eigenvalue weighted by molar-refractivity contribution is 5.85. The Labute approximate surface area is 124 Å². The van der Waals surface area contributed by atoms with Crippen molar-refractivity contribution in [2.75, 3.05) is 19.7 Å². The monoisotopic (exact) mass is 297 g/mol. The molecule has 0 aromatic rings. The summed E-state index contributed by atoms with van der Waals surface area (Å²) in [6.45, 7) is 8.72. The number of primary amides is 1. The maximum Gasteiger partial charge on any atom is 0.407 e. The molecule has 2 fully saturated rings. The van der Waals surface area contributed by atoms with E-state index in [0.717, 1.165) is 25.5 Å². The summed E-state index contributed by atoms with van der Waals surface area (Å²) in [5.74, 6) is -0.252. The Morgan fingerprint density at radius 3 is 2.33 bits per heavy atom. The molecule has 118 valence electrons. The third-order valence-corrected chi connectivity index (χ3v) is 2.64. The van der Waals surface area contributed by atoms with Crippen LogP contribution in [0.5, 0.6) is 0 Å². The number of ether oxygens (including phenoxy) is 1. The highest BCUT2D eigenvalue weighted by atomic mass is 16.6. The predicted molar refractivity (Wildman–Crippen MR) is 79.1 cm³/mol. The molecule has 2 saturated heterocycles. The molecular weight excluding hydrogens is 274 g/mol. The van der Waals surface area contributed by atoms with Gasteiger partial charge < -0.3 is 20.7 Å². The molecule has 7 nitrogen and oxygen atoms in total. The second kappa shape index (κ2) is 11.5. The lowest BCUT2D eigenvalue weighted by molar-refractivity contribution is -0.128. The number of carbonyl (C=O) groups is 3. The second-order valence-electron chi connectivity index (χ2n) is 4.25. The van der Waals surface area contributed by atoms with E-state index < -0.39 is 5.91 Å². The van der Waals surface area contributed by atoms with Gasteiger partial charge in [0, 0.05) is 13.0 Å². The number of rotatable bonds is 2. The molecule has 7 heteroatoms. The largest absolute Gasteiger partial charge is 0.448 e. The minimum atomic E-state index is -0.481. The molecule has 0 saturated carbocycles. The number of nitrogens with zero attached hydrogens (tertiary/aromatic N) is 1. The van der Waals surface area contributed by atoms with Crippen molar-refractivity contribution in [1.29, 1.82) is 0 Å². The SMILES string of the molecule is C=CC(N)=O.C=CN1CCCCCC1=O.O=C1NCCO1. The smallest absolute Gasteiger partial charge is 0.407 e. The molecule has 0 unspecified atom stereocenters. The molecule has 2 rings (SSSR count). The van der Waals surface area contributed by atoms with E-state index >= 15 is 0 Å². The number of hydrogen-bond donors (Lipinski definition) is 2. The molecule has 0 aromatic carbocycles. The van der Waals surface area contributed by atoms with E-state index in [1.165, 1.54) is 6.42 Å². The van der Waals surface area contributed by atoms with E-state index in [-0.39, 0.29) is 12.0 Å². The molecule has 0 bridgehead atoms. The van der Waals surface area contributed by atoms with Gasteiger partial charge in [0.25, 0.3) is 0 Å². The number of cyclic esters (lactones) is 1. The van der Waals surface area contributed by atoms with Gasteiger partial charge >= 0.3 is 6.09 Å². The van der Waals surface area contributed by atoms with Crippen molar-refractivity contribution in [2.45, 2.75) is 25.7 Å². The summed E-state index contributed by atoms with van der Waals surface area (Å²) >= 11 is 0. The molecule has 2 aliphatic heterocycles. The Balaban J connectivity index is 0.000000312. The van der Waals surface area contributed by atoms with Crippen LogP contribution in [0.25, 0.3) is 0 Å². The zero-order valence-corrected chi connectivity index (χ0v) is 12.2. The lowest BCUT2D eigenvalue weighted by Gasteiger charge is -2.13. The maximum atomic E-state index is 11.1. The Kier molecular flexibility index (Phi) is 10.2. The second-order valence-corrected chi connectivity index (χ2v) is 4.25. The Hall–Kier alpha value is -2.31. The molecular formula is C14H23N3O4. The van der Waals surface area contributed by atoms with Crippen LogP contribution in [0.3, 0.4) is 0 Å². The third-order valence-electron chi connectivity index (χ3n) is 2.64. The van der Waals surface area contributed by atoms with Crippen LogP contribution in [-0.4, -0.2) is 42.5 Å². The number of nitrogens with one attached hydrogen (secondary N) is 1. The number of nitrogens with two attached hydrogens (primary N) is 1. The zero-order chi connectivity index (χ0) is 16.1. The molecule has 3 amide bonds. The number of hydrogen-bond acceptors (Lipinski definition) is 4. The average molecular weight is 297 g/mol. The van der Waals surface area contributed by atoms with Crippen molar-refractivity contribution in [2.24, 2.45) is 5.73 Å². The van der Waals surface area contributed by atoms with E-state index in [9.17, 15) is 14.4 Å². The summed E-state index contributed by atoms with van der Waals surface area (Å²) in [6, 6.07) is 0. The minimum absolute atomic E-state index is 0.229. The molecule has 2 heterocycles. The van der Waals surface area contributed by atoms with Crippen LogP contribution < -0.4 is 11.1 Å². The Bertz CT molecular complexity index is 374. The number of alkyl carbamates (subject to hydrolysis) is 1. The fraction of sp³-hybridized carbons (Fsp3) is 0.500. The van der Waals surface area contributed by atoms with Crippen molar-refractivity contribution in [3.8, 4) is 0 Å². The van der Waals surface area contributed by atoms with Crippen LogP contribution in [0, 0.1) is 0 Å². The van der Waals surface area contributed by atoms with Gasteiger partial charge in [0.1, 0.15) is 6.61 Å². The summed E-state index contributed by atoms with van der Waals surface area (Å²) in [4.78, 5) is 32.2. The highest BCUT2D eigenvalue weighted by Crippen LogP contribution is 2.10. The number of carbonyl (C=O) groups excluding carboxylic acids is 3. The van der Waals surface area contributed by atoms with Crippen molar-refractivity contribution in [3.63, 3.8) is 0 Å². The molecule has 0 radical (unpaired) electrons. The Morgan fingerprint density at radius 1 is 1.29 bits per heavy atom. The standard InChI is InChI=1S/C8H13NO.C3H5NO2.C3H5NO/c1-2-9-7-5-3-4-6-8(9)10;5-3-4-1-2-6-3;1-2-3(4)5/h2H,1,3-7H2;1-2H2,(H,4,5);2H,1H2,(H2,4,5). The van der Waals surface area contributed by atoms with Crippen LogP contribution in [-0.2, 0) is 14.3 Å². The van der Waals surface area contributed by atoms with Gasteiger partial charge in [-0.15, -0.1) is 0 Å². The van der Waals surface area contributed by atoms with E-state index in [0.29, 0.717) is 19.6 Å². The summed E-state index contributed by atoms with van der Waals surface area (Å²) in [5.41, 5.74) is 4.53. The molecule has 3 N–H and O–H groups in total. The molecule has 0 spiro atoms. The van der Waals surface area contributed by atoms with Gasteiger partial charge in [-0.2, -0.15) is 0 Å². The summed E-state index contributed by atoms with van der Waals surface area (Å²) in [6.07, 6.45) is 6.44. The van der Waals surface area contributed by atoms with Gasteiger partial charge in [0.15, 0.2) is 0 Å². The van der Waals surface area contributed by atoms with Crippen molar-refractivity contribution < 1.29 is 19.1 Å². The van der Waals surface area contributed by atoms with Gasteiger partial charge in [-0.1, -0.05) is 19.6 Å². The van der Waals surface area contributed by atoms with E-state index in [2.05, 4.69) is 28.9 Å². The lowest BCUT2D eigenvalue weighted by Crippen LogP contribution is -2.23. The third kappa shape index (κ3) is 10.2. The molecule has 21 heavy (non-hydrogen) atoms. The summed E-state index contributed by atoms with van der Waals surface area (Å²) in [5, 5.41) is 2.46. The minimum Gasteiger partial charge on any atom is -0.448 e. The van der Waals surface area contributed by atoms with Crippen molar-refractivity contribution >= 4 is 17.9 Å². The van der Waals surface area contributed by atoms with Crippen LogP contribution in [0.15, 0.2) is 25.4 Å². The van der Waals surface area contributed by atoms with E-state index in [1.807, 2.05) is 0 Å². The summed E-state index contributed by atoms with van der Waals surface area (Å²) in [7, 11) is 0. The Morgan fingerprint density at radius 2 is 1.95 bits per heavy atom. The first-order valence-corrected chi connectivity index (χ1v) is 6.75. The molecule has 0 atom stereocenters. The quantitative estimate of drug-likeness (QED) is 0.740. The fourth-order valence-electron chi connectivity index (χ4n) is 1.54. The van der Waals surface area contributed by atoms with Crippen LogP contribution >= 0.6 is 0 Å². The normalized spacial score (nSPS) is 16.9. The first kappa shape index (κ1) is 18.7. The van der Waals surface area contributed by atoms with E-state index in [1.54, 1.807) is 11.1 Å². The van der Waals surface area contributed by atoms with Gasteiger partial charge in [0.2, 0.25) is 11.8 Å². The molecule has 0 aliphatic carbocycles. The van der Waals surface area contributed by atoms with Crippen LogP contribution in [0.2, 0.25) is 0 Å². The van der Waals surface area contributed by atoms with Gasteiger partial charge in [-0.3, -0.25) is 9.59 Å². The van der Waals surface area contributed by atoms with E-state index in [4.69, 9.17) is 0 Å². The topological polar surface area (TPSA) is 102 Å². The predicted octanol–water partition coefficient (Wildman–Crippen LogP) is 0.916. The first-order chi connectivity index (χ1) is 10.0. The summed E-state index contributed by atoms with van der Waals surface area (Å²) < 4.78 is 4.40. The van der Waals surface area contributed by atoms with Gasteiger partial charge in [-0.05, 0) is 25.1 Å². The van der Waals surface area contributed by atoms with Crippen LogP contribution in [0.4, 0.5) is 4.79 Å². The van der Waals surface area contributed by atoms with Crippen LogP contribution in [0.1, 0.15) is 25.7 Å². The zero-order valence-electron chi connectivity index (χ0n) is 12.2. The lowest BCUT2D eigenvalue weighted by atomic mass is 10.2. The fourth-order valence-corrected chi connectivity index (χ4v) is 1.54. The number of likely N-dealkylation sites (tertiary alicyclic amines) is 1. The van der Waals surface area contributed by atoms with Gasteiger partial charge in [-0.25, -0.2) is 4.79 Å². The maximum absolute atomic E-state index is 11.1. The van der Waals surface area contributed by atoms with Crippen molar-refractivity contribution in [1.82, 2.24) is 10.2 Å². The molecule has 2 aliphatic rings. The van der Waals surface area contributed by atoms with Crippen molar-refractivity contribution in [3.05, 3.63) is 25.4 Å². The number of amides is 3. The average Bonchev–Trinajstić information content (AvgIpc) is 2.85. The first-order valence-electron chi connectivity index (χ1n) is 6.75.